The Bertz CT molecular complexity index is 671. The minimum Gasteiger partial charge on any atom is -0.497 e. The number of anilines is 1. The molecule has 1 atom stereocenters. The van der Waals surface area contributed by atoms with Gasteiger partial charge in [0, 0.05) is 6.07 Å². The zero-order valence-corrected chi connectivity index (χ0v) is 14.7. The lowest BCUT2D eigenvalue weighted by atomic mass is 10.1. The number of methoxy groups -OCH3 is 2. The Hall–Kier alpha value is -2.27. The molecular weight excluding hydrogens is 308 g/mol. The summed E-state index contributed by atoms with van der Waals surface area (Å²) in [6.45, 7) is 4.14. The molecule has 1 unspecified atom stereocenters. The lowest BCUT2D eigenvalue weighted by molar-refractivity contribution is 0.405. The van der Waals surface area contributed by atoms with Crippen LogP contribution in [0.4, 0.5) is 5.69 Å². The number of thiocarbonyl (C=S) groups is 1. The average molecular weight is 330 g/mol. The second-order valence-corrected chi connectivity index (χ2v) is 5.71. The van der Waals surface area contributed by atoms with E-state index in [0.717, 1.165) is 11.4 Å². The van der Waals surface area contributed by atoms with Crippen LogP contribution in [0.1, 0.15) is 24.1 Å². The van der Waals surface area contributed by atoms with Gasteiger partial charge in [0.15, 0.2) is 5.11 Å². The maximum absolute atomic E-state index is 5.41. The minimum atomic E-state index is 0.104. The van der Waals surface area contributed by atoms with Gasteiger partial charge in [-0.05, 0) is 43.8 Å². The number of hydrogen-bond acceptors (Lipinski definition) is 3. The summed E-state index contributed by atoms with van der Waals surface area (Å²) in [5.41, 5.74) is 3.18. The highest BCUT2D eigenvalue weighted by atomic mass is 32.1. The minimum absolute atomic E-state index is 0.104. The van der Waals surface area contributed by atoms with Gasteiger partial charge in [0.1, 0.15) is 11.5 Å². The number of aryl methyl sites for hydroxylation is 1. The highest BCUT2D eigenvalue weighted by molar-refractivity contribution is 7.80. The summed E-state index contributed by atoms with van der Waals surface area (Å²) in [5, 5.41) is 6.97. The van der Waals surface area contributed by atoms with Crippen LogP contribution in [-0.2, 0) is 0 Å². The van der Waals surface area contributed by atoms with Crippen LogP contribution in [0.5, 0.6) is 11.5 Å². The van der Waals surface area contributed by atoms with Crippen LogP contribution in [0.3, 0.4) is 0 Å². The molecule has 0 aromatic heterocycles. The molecule has 0 heterocycles. The topological polar surface area (TPSA) is 42.5 Å². The van der Waals surface area contributed by atoms with Gasteiger partial charge in [0.05, 0.1) is 25.9 Å². The lowest BCUT2D eigenvalue weighted by Crippen LogP contribution is -2.31. The van der Waals surface area contributed by atoms with Crippen molar-refractivity contribution in [1.82, 2.24) is 5.32 Å². The third kappa shape index (κ3) is 4.60. The normalized spacial score (nSPS) is 11.5. The Morgan fingerprint density at radius 1 is 1.04 bits per heavy atom. The molecular formula is C18H22N2O2S. The van der Waals surface area contributed by atoms with Gasteiger partial charge in [-0.1, -0.05) is 29.8 Å². The fourth-order valence-electron chi connectivity index (χ4n) is 2.21. The van der Waals surface area contributed by atoms with Gasteiger partial charge in [0.2, 0.25) is 0 Å². The molecule has 0 amide bonds. The summed E-state index contributed by atoms with van der Waals surface area (Å²) in [7, 11) is 3.25. The fourth-order valence-corrected chi connectivity index (χ4v) is 2.49. The largest absolute Gasteiger partial charge is 0.497 e. The van der Waals surface area contributed by atoms with Crippen LogP contribution in [-0.4, -0.2) is 19.3 Å². The van der Waals surface area contributed by atoms with Crippen LogP contribution < -0.4 is 20.1 Å². The van der Waals surface area contributed by atoms with Crippen molar-refractivity contribution in [2.24, 2.45) is 0 Å². The molecule has 0 saturated heterocycles. The SMILES string of the molecule is COc1ccc(OC)c(NC(=S)NC(C)c2ccc(C)cc2)c1. The Morgan fingerprint density at radius 3 is 2.35 bits per heavy atom. The van der Waals surface area contributed by atoms with E-state index in [1.807, 2.05) is 18.2 Å². The average Bonchev–Trinajstić information content (AvgIpc) is 2.55. The van der Waals surface area contributed by atoms with Crippen molar-refractivity contribution in [3.63, 3.8) is 0 Å². The number of ether oxygens (including phenoxy) is 2. The van der Waals surface area contributed by atoms with E-state index in [0.29, 0.717) is 10.9 Å². The van der Waals surface area contributed by atoms with Crippen LogP contribution in [0.25, 0.3) is 0 Å². The van der Waals surface area contributed by atoms with E-state index >= 15 is 0 Å². The van der Waals surface area contributed by atoms with Gasteiger partial charge in [-0.2, -0.15) is 0 Å². The smallest absolute Gasteiger partial charge is 0.171 e. The maximum atomic E-state index is 5.41. The fraction of sp³-hybridized carbons (Fsp3) is 0.278. The molecule has 4 nitrogen and oxygen atoms in total. The number of rotatable bonds is 5. The number of hydrogen-bond donors (Lipinski definition) is 2. The van der Waals surface area contributed by atoms with Crippen LogP contribution in [0, 0.1) is 6.92 Å². The molecule has 5 heteroatoms. The first-order chi connectivity index (χ1) is 11.0. The van der Waals surface area contributed by atoms with Gasteiger partial charge >= 0.3 is 0 Å². The zero-order chi connectivity index (χ0) is 16.8. The highest BCUT2D eigenvalue weighted by Gasteiger charge is 2.10. The molecule has 0 aliphatic rings. The second kappa shape index (κ2) is 7.83. The molecule has 122 valence electrons. The van der Waals surface area contributed by atoms with E-state index in [1.165, 1.54) is 11.1 Å². The van der Waals surface area contributed by atoms with Crippen LogP contribution in [0.15, 0.2) is 42.5 Å². The van der Waals surface area contributed by atoms with Gasteiger partial charge < -0.3 is 20.1 Å². The Balaban J connectivity index is 2.05. The Morgan fingerprint density at radius 2 is 1.74 bits per heavy atom. The summed E-state index contributed by atoms with van der Waals surface area (Å²) >= 11 is 5.41. The van der Waals surface area contributed by atoms with Gasteiger partial charge in [-0.15, -0.1) is 0 Å². The monoisotopic (exact) mass is 330 g/mol. The summed E-state index contributed by atoms with van der Waals surface area (Å²) in [6.07, 6.45) is 0. The molecule has 0 aliphatic heterocycles. The molecule has 0 saturated carbocycles. The Kier molecular flexibility index (Phi) is 5.82. The van der Waals surface area contributed by atoms with Crippen molar-refractivity contribution < 1.29 is 9.47 Å². The summed E-state index contributed by atoms with van der Waals surface area (Å²) < 4.78 is 10.6. The van der Waals surface area contributed by atoms with Gasteiger partial charge in [0.25, 0.3) is 0 Å². The van der Waals surface area contributed by atoms with Crippen molar-refractivity contribution in [1.29, 1.82) is 0 Å². The van der Waals surface area contributed by atoms with Crippen molar-refractivity contribution in [2.45, 2.75) is 19.9 Å². The van der Waals surface area contributed by atoms with Crippen molar-refractivity contribution in [2.75, 3.05) is 19.5 Å². The van der Waals surface area contributed by atoms with E-state index in [-0.39, 0.29) is 6.04 Å². The molecule has 0 radical (unpaired) electrons. The number of benzene rings is 2. The lowest BCUT2D eigenvalue weighted by Gasteiger charge is -2.19. The van der Waals surface area contributed by atoms with Crippen LogP contribution >= 0.6 is 12.2 Å². The Labute approximate surface area is 142 Å². The standard InChI is InChI=1S/C18H22N2O2S/c1-12-5-7-14(8-6-12)13(2)19-18(23)20-16-11-15(21-3)9-10-17(16)22-4/h5-11,13H,1-4H3,(H2,19,20,23). The van der Waals surface area contributed by atoms with Crippen molar-refractivity contribution in [3.8, 4) is 11.5 Å². The summed E-state index contributed by atoms with van der Waals surface area (Å²) in [6, 6.07) is 14.0. The molecule has 0 spiro atoms. The van der Waals surface area contributed by atoms with E-state index in [9.17, 15) is 0 Å². The molecule has 2 aromatic rings. The van der Waals surface area contributed by atoms with Gasteiger partial charge in [-0.3, -0.25) is 0 Å². The first kappa shape index (κ1) is 17.1. The van der Waals surface area contributed by atoms with Crippen molar-refractivity contribution >= 4 is 23.0 Å². The number of nitrogens with one attached hydrogen (secondary N) is 2. The molecule has 2 N–H and O–H groups in total. The molecule has 23 heavy (non-hydrogen) atoms. The highest BCUT2D eigenvalue weighted by Crippen LogP contribution is 2.29. The first-order valence-corrected chi connectivity index (χ1v) is 7.80. The zero-order valence-electron chi connectivity index (χ0n) is 13.8. The summed E-state index contributed by atoms with van der Waals surface area (Å²) in [5.74, 6) is 1.45. The molecule has 2 aromatic carbocycles. The molecule has 0 aliphatic carbocycles. The van der Waals surface area contributed by atoms with Crippen molar-refractivity contribution in [3.05, 3.63) is 53.6 Å². The van der Waals surface area contributed by atoms with E-state index < -0.39 is 0 Å². The van der Waals surface area contributed by atoms with Gasteiger partial charge in [-0.25, -0.2) is 0 Å². The van der Waals surface area contributed by atoms with E-state index in [1.54, 1.807) is 14.2 Å². The quantitative estimate of drug-likeness (QED) is 0.809. The third-order valence-corrected chi connectivity index (χ3v) is 3.80. The van der Waals surface area contributed by atoms with E-state index in [2.05, 4.69) is 48.7 Å². The third-order valence-electron chi connectivity index (χ3n) is 3.58. The second-order valence-electron chi connectivity index (χ2n) is 5.30. The van der Waals surface area contributed by atoms with Crippen LogP contribution in [0.2, 0.25) is 0 Å². The van der Waals surface area contributed by atoms with E-state index in [4.69, 9.17) is 21.7 Å². The molecule has 0 fully saturated rings. The predicted octanol–water partition coefficient (Wildman–Crippen LogP) is 4.06. The predicted molar refractivity (Wildman–Crippen MR) is 98.5 cm³/mol. The molecule has 0 bridgehead atoms. The maximum Gasteiger partial charge on any atom is 0.171 e. The first-order valence-electron chi connectivity index (χ1n) is 7.39. The molecule has 2 rings (SSSR count). The summed E-state index contributed by atoms with van der Waals surface area (Å²) in [4.78, 5) is 0.